The highest BCUT2D eigenvalue weighted by Crippen LogP contribution is 2.38. The largest absolute Gasteiger partial charge is 0.459 e. The molecule has 0 spiro atoms. The first kappa shape index (κ1) is 18.9. The van der Waals surface area contributed by atoms with Crippen molar-refractivity contribution in [3.63, 3.8) is 0 Å². The molecule has 1 aliphatic heterocycles. The van der Waals surface area contributed by atoms with Crippen molar-refractivity contribution in [3.05, 3.63) is 0 Å². The topological polar surface area (TPSA) is 96.0 Å². The van der Waals surface area contributed by atoms with Crippen molar-refractivity contribution in [2.45, 2.75) is 83.8 Å². The molecule has 0 aromatic rings. The van der Waals surface area contributed by atoms with Gasteiger partial charge in [0.05, 0.1) is 0 Å². The molecule has 1 fully saturated rings. The molecule has 2 atom stereocenters. The van der Waals surface area contributed by atoms with Crippen LogP contribution in [0.2, 0.25) is 0 Å². The molecule has 7 heteroatoms. The zero-order valence-corrected chi connectivity index (χ0v) is 14.1. The second-order valence-corrected chi connectivity index (χ2v) is 7.14. The number of carbonyl (C=O) groups excluding carboxylic acids is 2. The Hall–Kier alpha value is -1.18. The lowest BCUT2D eigenvalue weighted by Gasteiger charge is -2.49. The zero-order valence-electron chi connectivity index (χ0n) is 14.1. The van der Waals surface area contributed by atoms with E-state index in [1.165, 1.54) is 13.8 Å². The lowest BCUT2D eigenvalue weighted by atomic mass is 9.80. The van der Waals surface area contributed by atoms with E-state index in [1.54, 1.807) is 27.7 Å². The highest BCUT2D eigenvalue weighted by molar-refractivity contribution is 5.80. The summed E-state index contributed by atoms with van der Waals surface area (Å²) in [5, 5.41) is 22.3. The van der Waals surface area contributed by atoms with Crippen molar-refractivity contribution in [1.29, 1.82) is 0 Å². The molecule has 1 saturated heterocycles. The van der Waals surface area contributed by atoms with Gasteiger partial charge in [0.15, 0.2) is 6.10 Å². The Morgan fingerprint density at radius 2 is 1.55 bits per heavy atom. The van der Waals surface area contributed by atoms with Crippen molar-refractivity contribution >= 4 is 11.9 Å². The van der Waals surface area contributed by atoms with Crippen molar-refractivity contribution in [2.24, 2.45) is 0 Å². The highest BCUT2D eigenvalue weighted by Gasteiger charge is 2.47. The first-order chi connectivity index (χ1) is 9.86. The summed E-state index contributed by atoms with van der Waals surface area (Å²) >= 11 is 0. The van der Waals surface area contributed by atoms with Crippen molar-refractivity contribution in [3.8, 4) is 0 Å². The summed E-state index contributed by atoms with van der Waals surface area (Å²) in [6.07, 6.45) is -2.00. The fourth-order valence-electron chi connectivity index (χ4n) is 2.84. The van der Waals surface area contributed by atoms with Crippen LogP contribution >= 0.6 is 0 Å². The molecular weight excluding hydrogens is 290 g/mol. The van der Waals surface area contributed by atoms with Gasteiger partial charge in [0.2, 0.25) is 0 Å². The number of rotatable bonds is 4. The predicted molar refractivity (Wildman–Crippen MR) is 77.0 cm³/mol. The molecule has 1 heterocycles. The first-order valence-corrected chi connectivity index (χ1v) is 7.43. The lowest BCUT2D eigenvalue weighted by Crippen LogP contribution is -2.60. The average molecular weight is 316 g/mol. The molecule has 22 heavy (non-hydrogen) atoms. The maximum absolute atomic E-state index is 12.2. The summed E-state index contributed by atoms with van der Waals surface area (Å²) in [7, 11) is 0. The van der Waals surface area contributed by atoms with Gasteiger partial charge in [0, 0.05) is 23.9 Å². The quantitative estimate of drug-likeness (QED) is 0.783. The van der Waals surface area contributed by atoms with Gasteiger partial charge in [-0.2, -0.15) is 0 Å². The van der Waals surface area contributed by atoms with Crippen LogP contribution in [-0.2, 0) is 24.3 Å². The standard InChI is InChI=1S/C15H26NO6/c1-9(17)12(18)21-10(2)13(19)22-11-7-14(3,4)16(20)15(5,6)8-11/h9-11,17H,7-8H2,1-6H3/t9-,10-/m0/s1. The summed E-state index contributed by atoms with van der Waals surface area (Å²) in [5.74, 6) is -1.55. The second-order valence-electron chi connectivity index (χ2n) is 7.14. The van der Waals surface area contributed by atoms with Crippen molar-refractivity contribution in [2.75, 3.05) is 0 Å². The minimum Gasteiger partial charge on any atom is -0.459 e. The van der Waals surface area contributed by atoms with Crippen LogP contribution in [0.5, 0.6) is 0 Å². The Bertz CT molecular complexity index is 414. The summed E-state index contributed by atoms with van der Waals surface area (Å²) in [4.78, 5) is 23.3. The van der Waals surface area contributed by atoms with E-state index in [9.17, 15) is 14.8 Å². The van der Waals surface area contributed by atoms with E-state index < -0.39 is 41.3 Å². The van der Waals surface area contributed by atoms with Gasteiger partial charge in [-0.25, -0.2) is 9.59 Å². The molecule has 1 N–H and O–H groups in total. The third-order valence-electron chi connectivity index (χ3n) is 3.80. The van der Waals surface area contributed by atoms with Crippen LogP contribution in [0.25, 0.3) is 0 Å². The summed E-state index contributed by atoms with van der Waals surface area (Å²) in [5.41, 5.74) is -1.29. The number of hydroxylamine groups is 2. The molecule has 1 rings (SSSR count). The van der Waals surface area contributed by atoms with Crippen LogP contribution in [-0.4, -0.2) is 51.5 Å². The van der Waals surface area contributed by atoms with E-state index in [-0.39, 0.29) is 0 Å². The fraction of sp³-hybridized carbons (Fsp3) is 0.867. The Labute approximate surface area is 131 Å². The smallest absolute Gasteiger partial charge is 0.347 e. The van der Waals surface area contributed by atoms with Gasteiger partial charge in [-0.3, -0.25) is 0 Å². The number of aliphatic hydroxyl groups excluding tert-OH is 1. The van der Waals surface area contributed by atoms with Gasteiger partial charge in [-0.15, -0.1) is 10.3 Å². The second kappa shape index (κ2) is 6.52. The van der Waals surface area contributed by atoms with Crippen molar-refractivity contribution < 1.29 is 29.4 Å². The number of hydrogen-bond acceptors (Lipinski definition) is 6. The van der Waals surface area contributed by atoms with Gasteiger partial charge >= 0.3 is 11.9 Å². The van der Waals surface area contributed by atoms with E-state index in [0.29, 0.717) is 12.8 Å². The normalized spacial score (nSPS) is 24.4. The maximum atomic E-state index is 12.2. The number of hydrogen-bond donors (Lipinski definition) is 1. The highest BCUT2D eigenvalue weighted by atomic mass is 16.6. The third-order valence-corrected chi connectivity index (χ3v) is 3.80. The molecule has 0 saturated carbocycles. The third kappa shape index (κ3) is 4.41. The Balaban J connectivity index is 2.66. The van der Waals surface area contributed by atoms with Gasteiger partial charge in [-0.05, 0) is 41.5 Å². The molecule has 1 radical (unpaired) electrons. The number of esters is 2. The van der Waals surface area contributed by atoms with E-state index >= 15 is 0 Å². The molecular formula is C15H26NO6. The maximum Gasteiger partial charge on any atom is 0.347 e. The zero-order chi connectivity index (χ0) is 17.3. The molecule has 127 valence electrons. The van der Waals surface area contributed by atoms with E-state index in [4.69, 9.17) is 14.6 Å². The van der Waals surface area contributed by atoms with Crippen LogP contribution < -0.4 is 0 Å². The van der Waals surface area contributed by atoms with Gasteiger partial charge in [0.1, 0.15) is 12.2 Å². The monoisotopic (exact) mass is 316 g/mol. The van der Waals surface area contributed by atoms with Gasteiger partial charge < -0.3 is 14.6 Å². The SMILES string of the molecule is C[C@H](O)C(=O)O[C@@H](C)C(=O)OC1CC(C)(C)N([O])C(C)(C)C1. The molecule has 0 bridgehead atoms. The van der Waals surface area contributed by atoms with Crippen LogP contribution in [0, 0.1) is 0 Å². The molecule has 7 nitrogen and oxygen atoms in total. The lowest BCUT2D eigenvalue weighted by molar-refractivity contribution is -0.299. The molecule has 0 aromatic heterocycles. The first-order valence-electron chi connectivity index (χ1n) is 7.43. The van der Waals surface area contributed by atoms with Crippen LogP contribution in [0.3, 0.4) is 0 Å². The number of nitrogens with zero attached hydrogens (tertiary/aromatic N) is 1. The van der Waals surface area contributed by atoms with Crippen LogP contribution in [0.1, 0.15) is 54.4 Å². The summed E-state index contributed by atoms with van der Waals surface area (Å²) in [6.45, 7) is 9.87. The average Bonchev–Trinajstić information content (AvgIpc) is 2.34. The Morgan fingerprint density at radius 3 is 1.95 bits per heavy atom. The molecule has 0 aromatic carbocycles. The Kier molecular flexibility index (Phi) is 5.59. The summed E-state index contributed by atoms with van der Waals surface area (Å²) < 4.78 is 10.2. The number of carbonyl (C=O) groups is 2. The van der Waals surface area contributed by atoms with Crippen molar-refractivity contribution in [1.82, 2.24) is 5.06 Å². The van der Waals surface area contributed by atoms with Gasteiger partial charge in [0.25, 0.3) is 0 Å². The van der Waals surface area contributed by atoms with Crippen LogP contribution in [0.15, 0.2) is 0 Å². The minimum absolute atomic E-state index is 0.405. The van der Waals surface area contributed by atoms with E-state index in [2.05, 4.69) is 0 Å². The Morgan fingerprint density at radius 1 is 1.09 bits per heavy atom. The number of ether oxygens (including phenoxy) is 2. The van der Waals surface area contributed by atoms with E-state index in [0.717, 1.165) is 5.06 Å². The van der Waals surface area contributed by atoms with Gasteiger partial charge in [-0.1, -0.05) is 0 Å². The fourth-order valence-corrected chi connectivity index (χ4v) is 2.84. The minimum atomic E-state index is -1.29. The van der Waals surface area contributed by atoms with Crippen LogP contribution in [0.4, 0.5) is 0 Å². The molecule has 0 aliphatic carbocycles. The number of aliphatic hydroxyl groups is 1. The predicted octanol–water partition coefficient (Wildman–Crippen LogP) is 1.21. The van der Waals surface area contributed by atoms with E-state index in [1.807, 2.05) is 0 Å². The molecule has 0 amide bonds. The molecule has 0 unspecified atom stereocenters. The number of piperidine rings is 1. The molecule has 1 aliphatic rings. The summed E-state index contributed by atoms with van der Waals surface area (Å²) in [6, 6.07) is 0.